The average molecular weight is 377 g/mol. The molecule has 1 unspecified atom stereocenters. The third-order valence-corrected chi connectivity index (χ3v) is 4.20. The van der Waals surface area contributed by atoms with Gasteiger partial charge < -0.3 is 16.0 Å². The first-order chi connectivity index (χ1) is 10.7. The summed E-state index contributed by atoms with van der Waals surface area (Å²) in [5, 5.41) is 2.95. The Kier molecular flexibility index (Phi) is 11.8. The molecule has 0 aromatic heterocycles. The number of nitrogens with two attached hydrogens (primary N) is 1. The van der Waals surface area contributed by atoms with Gasteiger partial charge in [0.15, 0.2) is 0 Å². The van der Waals surface area contributed by atoms with E-state index in [0.717, 1.165) is 32.7 Å². The quantitative estimate of drug-likeness (QED) is 0.760. The molecule has 3 N–H and O–H groups in total. The molecular weight excluding hydrogens is 347 g/mol. The molecule has 138 valence electrons. The van der Waals surface area contributed by atoms with E-state index in [2.05, 4.69) is 39.4 Å². The van der Waals surface area contributed by atoms with Gasteiger partial charge in [-0.05, 0) is 24.6 Å². The molecule has 1 amide bonds. The summed E-state index contributed by atoms with van der Waals surface area (Å²) in [4.78, 5) is 16.6. The number of halogens is 2. The maximum atomic E-state index is 11.8. The van der Waals surface area contributed by atoms with Crippen LogP contribution in [0.3, 0.4) is 0 Å². The molecule has 1 aromatic carbocycles. The number of benzene rings is 1. The zero-order valence-electron chi connectivity index (χ0n) is 14.3. The van der Waals surface area contributed by atoms with Gasteiger partial charge in [-0.1, -0.05) is 25.1 Å². The van der Waals surface area contributed by atoms with Crippen LogP contribution in [-0.2, 0) is 4.79 Å². The first-order valence-corrected chi connectivity index (χ1v) is 8.18. The zero-order chi connectivity index (χ0) is 15.8. The van der Waals surface area contributed by atoms with Crippen molar-refractivity contribution in [3.63, 3.8) is 0 Å². The number of rotatable bonds is 7. The minimum atomic E-state index is 0. The number of carbonyl (C=O) groups is 1. The second-order valence-corrected chi connectivity index (χ2v) is 6.06. The number of carbonyl (C=O) groups excluding carboxylic acids is 1. The van der Waals surface area contributed by atoms with Crippen LogP contribution in [0.4, 0.5) is 5.69 Å². The molecule has 24 heavy (non-hydrogen) atoms. The topological polar surface area (TPSA) is 61.6 Å². The van der Waals surface area contributed by atoms with Crippen LogP contribution in [-0.4, -0.2) is 56.6 Å². The largest absolute Gasteiger partial charge is 0.369 e. The first-order valence-electron chi connectivity index (χ1n) is 8.18. The summed E-state index contributed by atoms with van der Waals surface area (Å²) in [5.74, 6) is 0.476. The van der Waals surface area contributed by atoms with Crippen molar-refractivity contribution >= 4 is 36.4 Å². The zero-order valence-corrected chi connectivity index (χ0v) is 16.0. The maximum absolute atomic E-state index is 11.8. The standard InChI is InChI=1S/C17H28N4O.2ClH/c1-15(13-18)14-19-17(22)7-8-20-9-11-21(12-10-20)16-5-3-2-4-6-16;;/h2-6,15H,7-14,18H2,1H3,(H,19,22);2*1H. The molecule has 0 aliphatic carbocycles. The van der Waals surface area contributed by atoms with Crippen molar-refractivity contribution in [3.05, 3.63) is 30.3 Å². The molecular formula is C17H30Cl2N4O. The molecule has 1 saturated heterocycles. The molecule has 0 bridgehead atoms. The van der Waals surface area contributed by atoms with Gasteiger partial charge in [-0.25, -0.2) is 0 Å². The third kappa shape index (κ3) is 7.71. The van der Waals surface area contributed by atoms with Gasteiger partial charge in [0.1, 0.15) is 0 Å². The third-order valence-electron chi connectivity index (χ3n) is 4.20. The van der Waals surface area contributed by atoms with Gasteiger partial charge in [-0.3, -0.25) is 9.69 Å². The van der Waals surface area contributed by atoms with E-state index in [0.29, 0.717) is 25.4 Å². The maximum Gasteiger partial charge on any atom is 0.221 e. The van der Waals surface area contributed by atoms with Gasteiger partial charge in [0.2, 0.25) is 5.91 Å². The van der Waals surface area contributed by atoms with Crippen molar-refractivity contribution in [2.75, 3.05) is 50.7 Å². The minimum absolute atomic E-state index is 0. The van der Waals surface area contributed by atoms with Crippen molar-refractivity contribution in [1.82, 2.24) is 10.2 Å². The van der Waals surface area contributed by atoms with Crippen molar-refractivity contribution in [3.8, 4) is 0 Å². The lowest BCUT2D eigenvalue weighted by Gasteiger charge is -2.36. The van der Waals surface area contributed by atoms with E-state index in [9.17, 15) is 4.79 Å². The summed E-state index contributed by atoms with van der Waals surface area (Å²) in [5.41, 5.74) is 6.83. The average Bonchev–Trinajstić information content (AvgIpc) is 2.59. The van der Waals surface area contributed by atoms with Crippen LogP contribution in [0.1, 0.15) is 13.3 Å². The predicted octanol–water partition coefficient (Wildman–Crippen LogP) is 1.75. The highest BCUT2D eigenvalue weighted by Gasteiger charge is 2.17. The number of hydrogen-bond donors (Lipinski definition) is 2. The second-order valence-electron chi connectivity index (χ2n) is 6.06. The number of para-hydroxylation sites is 1. The van der Waals surface area contributed by atoms with Crippen molar-refractivity contribution < 1.29 is 4.79 Å². The SMILES string of the molecule is CC(CN)CNC(=O)CCN1CCN(c2ccccc2)CC1.Cl.Cl. The lowest BCUT2D eigenvalue weighted by Crippen LogP contribution is -2.47. The van der Waals surface area contributed by atoms with Gasteiger partial charge >= 0.3 is 0 Å². The molecule has 1 aromatic rings. The first kappa shape index (κ1) is 23.0. The smallest absolute Gasteiger partial charge is 0.221 e. The summed E-state index contributed by atoms with van der Waals surface area (Å²) in [6, 6.07) is 10.5. The van der Waals surface area contributed by atoms with Crippen molar-refractivity contribution in [2.45, 2.75) is 13.3 Å². The highest BCUT2D eigenvalue weighted by Crippen LogP contribution is 2.15. The lowest BCUT2D eigenvalue weighted by molar-refractivity contribution is -0.121. The monoisotopic (exact) mass is 376 g/mol. The Hall–Kier alpha value is -1.01. The Labute approximate surface area is 157 Å². The highest BCUT2D eigenvalue weighted by molar-refractivity contribution is 5.85. The molecule has 7 heteroatoms. The number of anilines is 1. The number of nitrogens with one attached hydrogen (secondary N) is 1. The van der Waals surface area contributed by atoms with E-state index in [1.165, 1.54) is 5.69 Å². The molecule has 1 heterocycles. The van der Waals surface area contributed by atoms with E-state index >= 15 is 0 Å². The summed E-state index contributed by atoms with van der Waals surface area (Å²) in [6.45, 7) is 8.25. The van der Waals surface area contributed by atoms with Crippen LogP contribution in [0.5, 0.6) is 0 Å². The van der Waals surface area contributed by atoms with Crippen LogP contribution < -0.4 is 16.0 Å². The summed E-state index contributed by atoms with van der Waals surface area (Å²) < 4.78 is 0. The Morgan fingerprint density at radius 1 is 1.17 bits per heavy atom. The molecule has 5 nitrogen and oxygen atoms in total. The van der Waals surface area contributed by atoms with E-state index in [4.69, 9.17) is 5.73 Å². The fourth-order valence-corrected chi connectivity index (χ4v) is 2.59. The van der Waals surface area contributed by atoms with Gasteiger partial charge in [0.25, 0.3) is 0 Å². The van der Waals surface area contributed by atoms with Gasteiger partial charge in [0.05, 0.1) is 0 Å². The molecule has 0 saturated carbocycles. The summed E-state index contributed by atoms with van der Waals surface area (Å²) >= 11 is 0. The van der Waals surface area contributed by atoms with Crippen molar-refractivity contribution in [2.24, 2.45) is 11.7 Å². The molecule has 0 radical (unpaired) electrons. The van der Waals surface area contributed by atoms with E-state index < -0.39 is 0 Å². The number of piperazine rings is 1. The minimum Gasteiger partial charge on any atom is -0.369 e. The Bertz CT molecular complexity index is 453. The van der Waals surface area contributed by atoms with E-state index in [-0.39, 0.29) is 30.7 Å². The molecule has 1 aliphatic heterocycles. The van der Waals surface area contributed by atoms with Gasteiger partial charge in [-0.15, -0.1) is 24.8 Å². The van der Waals surface area contributed by atoms with Crippen LogP contribution in [0.2, 0.25) is 0 Å². The normalized spacial score (nSPS) is 15.8. The molecule has 2 rings (SSSR count). The van der Waals surface area contributed by atoms with Gasteiger partial charge in [-0.2, -0.15) is 0 Å². The van der Waals surface area contributed by atoms with Crippen LogP contribution in [0.25, 0.3) is 0 Å². The molecule has 1 atom stereocenters. The Balaban J connectivity index is 0.00000264. The highest BCUT2D eigenvalue weighted by atomic mass is 35.5. The molecule has 0 spiro atoms. The molecule has 1 aliphatic rings. The van der Waals surface area contributed by atoms with E-state index in [1.54, 1.807) is 0 Å². The van der Waals surface area contributed by atoms with Crippen LogP contribution in [0.15, 0.2) is 30.3 Å². The summed E-state index contributed by atoms with van der Waals surface area (Å²) in [7, 11) is 0. The van der Waals surface area contributed by atoms with Crippen LogP contribution in [0, 0.1) is 5.92 Å². The lowest BCUT2D eigenvalue weighted by atomic mass is 10.2. The number of hydrogen-bond acceptors (Lipinski definition) is 4. The summed E-state index contributed by atoms with van der Waals surface area (Å²) in [6.07, 6.45) is 0.572. The number of amides is 1. The van der Waals surface area contributed by atoms with E-state index in [1.807, 2.05) is 13.0 Å². The van der Waals surface area contributed by atoms with Crippen molar-refractivity contribution in [1.29, 1.82) is 0 Å². The predicted molar refractivity (Wildman–Crippen MR) is 105 cm³/mol. The molecule has 1 fully saturated rings. The Morgan fingerprint density at radius 2 is 1.79 bits per heavy atom. The Morgan fingerprint density at radius 3 is 2.38 bits per heavy atom. The second kappa shape index (κ2) is 12.4. The fraction of sp³-hybridized carbons (Fsp3) is 0.588. The van der Waals surface area contributed by atoms with Gasteiger partial charge in [0, 0.05) is 51.4 Å². The number of nitrogens with zero attached hydrogens (tertiary/aromatic N) is 2. The fourth-order valence-electron chi connectivity index (χ4n) is 2.59. The van der Waals surface area contributed by atoms with Crippen LogP contribution >= 0.6 is 24.8 Å².